The number of hydrogen-bond acceptors (Lipinski definition) is 0. The summed E-state index contributed by atoms with van der Waals surface area (Å²) in [5.41, 5.74) is 5.26. The molecule has 0 bridgehead atoms. The lowest BCUT2D eigenvalue weighted by Crippen LogP contribution is -1.83. The van der Waals surface area contributed by atoms with Gasteiger partial charge in [-0.2, -0.15) is 0 Å². The third-order valence-electron chi connectivity index (χ3n) is 4.14. The highest BCUT2D eigenvalue weighted by atomic mass is 14.7. The summed E-state index contributed by atoms with van der Waals surface area (Å²) in [5, 5.41) is 2.71. The zero-order valence-corrected chi connectivity index (χ0v) is 18.5. The lowest BCUT2D eigenvalue weighted by molar-refractivity contribution is 0.796. The maximum Gasteiger partial charge on any atom is 0.0465 e. The van der Waals surface area contributed by atoms with Crippen LogP contribution in [0, 0.1) is 6.92 Å². The third kappa shape index (κ3) is 7.23. The topological polar surface area (TPSA) is 15.8 Å². The highest BCUT2D eigenvalue weighted by Gasteiger charge is 2.05. The van der Waals surface area contributed by atoms with Crippen molar-refractivity contribution in [2.24, 2.45) is 0 Å². The fourth-order valence-corrected chi connectivity index (χ4v) is 2.59. The molecular formula is C25H41N. The number of aromatic amines is 1. The van der Waals surface area contributed by atoms with E-state index in [4.69, 9.17) is 0 Å². The van der Waals surface area contributed by atoms with Gasteiger partial charge in [-0.15, -0.1) is 0 Å². The highest BCUT2D eigenvalue weighted by molar-refractivity contribution is 6.07. The second kappa shape index (κ2) is 14.4. The molecule has 2 aromatic carbocycles. The first-order valence-electron chi connectivity index (χ1n) is 10.7. The van der Waals surface area contributed by atoms with Gasteiger partial charge in [-0.05, 0) is 49.6 Å². The normalized spacial score (nSPS) is 9.54. The predicted molar refractivity (Wildman–Crippen MR) is 122 cm³/mol. The van der Waals surface area contributed by atoms with E-state index in [0.29, 0.717) is 0 Å². The molecule has 3 rings (SSSR count). The summed E-state index contributed by atoms with van der Waals surface area (Å²) in [6, 6.07) is 13.4. The number of aromatic nitrogens is 1. The number of benzene rings is 2. The molecule has 0 radical (unpaired) electrons. The van der Waals surface area contributed by atoms with Crippen LogP contribution < -0.4 is 0 Å². The van der Waals surface area contributed by atoms with Crippen LogP contribution in [0.4, 0.5) is 0 Å². The Morgan fingerprint density at radius 1 is 0.692 bits per heavy atom. The van der Waals surface area contributed by atoms with E-state index in [1.54, 1.807) is 0 Å². The van der Waals surface area contributed by atoms with Crippen molar-refractivity contribution in [3.05, 3.63) is 47.5 Å². The van der Waals surface area contributed by atoms with Crippen LogP contribution in [0.3, 0.4) is 0 Å². The molecule has 1 N–H and O–H groups in total. The van der Waals surface area contributed by atoms with Gasteiger partial charge in [0.15, 0.2) is 0 Å². The van der Waals surface area contributed by atoms with Gasteiger partial charge in [-0.1, -0.05) is 85.4 Å². The van der Waals surface area contributed by atoms with Gasteiger partial charge in [0, 0.05) is 21.8 Å². The molecule has 0 aliphatic rings. The molecule has 1 aromatic heterocycles. The Labute approximate surface area is 162 Å². The van der Waals surface area contributed by atoms with Crippen LogP contribution in [-0.2, 0) is 6.42 Å². The Kier molecular flexibility index (Phi) is 13.4. The minimum Gasteiger partial charge on any atom is -0.355 e. The molecule has 0 amide bonds. The molecule has 0 spiro atoms. The minimum absolute atomic E-state index is 1.19. The zero-order valence-electron chi connectivity index (χ0n) is 18.5. The monoisotopic (exact) mass is 355 g/mol. The first-order chi connectivity index (χ1) is 12.7. The Balaban J connectivity index is 0.000000680. The average Bonchev–Trinajstić information content (AvgIpc) is 3.07. The number of hydrogen-bond donors (Lipinski definition) is 1. The van der Waals surface area contributed by atoms with Crippen LogP contribution in [0.1, 0.15) is 85.3 Å². The third-order valence-corrected chi connectivity index (χ3v) is 4.14. The summed E-state index contributed by atoms with van der Waals surface area (Å²) < 4.78 is 0. The van der Waals surface area contributed by atoms with Gasteiger partial charge >= 0.3 is 0 Å². The molecule has 1 heterocycles. The molecule has 3 aromatic rings. The van der Waals surface area contributed by atoms with Gasteiger partial charge in [0.1, 0.15) is 0 Å². The van der Waals surface area contributed by atoms with E-state index in [-0.39, 0.29) is 0 Å². The lowest BCUT2D eigenvalue weighted by Gasteiger charge is -2.00. The maximum absolute atomic E-state index is 3.49. The van der Waals surface area contributed by atoms with E-state index >= 15 is 0 Å². The standard InChI is InChI=1S/C17H19N.C4H10.2C2H6/c1-3-4-5-13-7-9-17-15(11-13)14-10-12(2)6-8-16(14)18-17;1-3-4-2;2*1-2/h6-11,18H,3-5H2,1-2H3;3-4H2,1-2H3;2*1-2H3. The zero-order chi connectivity index (χ0) is 19.9. The molecule has 1 nitrogen and oxygen atoms in total. The number of H-pyrrole nitrogens is 1. The van der Waals surface area contributed by atoms with Crippen LogP contribution in [-0.4, -0.2) is 4.98 Å². The summed E-state index contributed by atoms with van der Waals surface area (Å²) >= 11 is 0. The second-order valence-electron chi connectivity index (χ2n) is 6.16. The lowest BCUT2D eigenvalue weighted by atomic mass is 10.0. The summed E-state index contributed by atoms with van der Waals surface area (Å²) in [7, 11) is 0. The minimum atomic E-state index is 1.19. The van der Waals surface area contributed by atoms with Gasteiger partial charge < -0.3 is 4.98 Å². The number of fused-ring (bicyclic) bond motifs is 3. The van der Waals surface area contributed by atoms with Crippen LogP contribution in [0.15, 0.2) is 36.4 Å². The Morgan fingerprint density at radius 3 is 1.77 bits per heavy atom. The molecule has 0 unspecified atom stereocenters. The maximum atomic E-state index is 3.49. The Hall–Kier alpha value is -1.76. The average molecular weight is 356 g/mol. The fourth-order valence-electron chi connectivity index (χ4n) is 2.59. The van der Waals surface area contributed by atoms with Gasteiger partial charge in [0.2, 0.25) is 0 Å². The Morgan fingerprint density at radius 2 is 1.23 bits per heavy atom. The van der Waals surface area contributed by atoms with E-state index in [1.807, 2.05) is 27.7 Å². The molecular weight excluding hydrogens is 314 g/mol. The van der Waals surface area contributed by atoms with Gasteiger partial charge in [0.05, 0.1) is 0 Å². The highest BCUT2D eigenvalue weighted by Crippen LogP contribution is 2.27. The molecule has 146 valence electrons. The van der Waals surface area contributed by atoms with Crippen molar-refractivity contribution >= 4 is 21.8 Å². The molecule has 0 atom stereocenters. The number of nitrogens with one attached hydrogen (secondary N) is 1. The summed E-state index contributed by atoms with van der Waals surface area (Å²) in [6.07, 6.45) is 6.35. The van der Waals surface area contributed by atoms with E-state index in [1.165, 1.54) is 65.0 Å². The largest absolute Gasteiger partial charge is 0.355 e. The van der Waals surface area contributed by atoms with Crippen LogP contribution in [0.25, 0.3) is 21.8 Å². The van der Waals surface area contributed by atoms with Crippen molar-refractivity contribution < 1.29 is 0 Å². The first-order valence-corrected chi connectivity index (χ1v) is 10.7. The second-order valence-corrected chi connectivity index (χ2v) is 6.16. The van der Waals surface area contributed by atoms with Crippen LogP contribution in [0.2, 0.25) is 0 Å². The van der Waals surface area contributed by atoms with E-state index in [2.05, 4.69) is 69.1 Å². The van der Waals surface area contributed by atoms with Crippen LogP contribution >= 0.6 is 0 Å². The SMILES string of the molecule is CC.CC.CCCC.CCCCc1ccc2[nH]c3ccc(C)cc3c2c1. The van der Waals surface area contributed by atoms with E-state index in [9.17, 15) is 0 Å². The molecule has 0 saturated heterocycles. The van der Waals surface area contributed by atoms with Gasteiger partial charge in [0.25, 0.3) is 0 Å². The molecule has 0 aliphatic carbocycles. The molecule has 0 fully saturated rings. The van der Waals surface area contributed by atoms with Crippen molar-refractivity contribution in [3.63, 3.8) is 0 Å². The number of unbranched alkanes of at least 4 members (excludes halogenated alkanes) is 2. The van der Waals surface area contributed by atoms with Crippen LogP contribution in [0.5, 0.6) is 0 Å². The molecule has 0 aliphatic heterocycles. The van der Waals surface area contributed by atoms with Crippen molar-refractivity contribution in [3.8, 4) is 0 Å². The quantitative estimate of drug-likeness (QED) is 0.481. The predicted octanol–water partition coefficient (Wildman–Crippen LogP) is 8.83. The summed E-state index contributed by atoms with van der Waals surface area (Å²) in [6.45, 7) is 16.8. The molecule has 1 heteroatoms. The van der Waals surface area contributed by atoms with Crippen molar-refractivity contribution in [1.29, 1.82) is 0 Å². The smallest absolute Gasteiger partial charge is 0.0465 e. The molecule has 0 saturated carbocycles. The van der Waals surface area contributed by atoms with E-state index < -0.39 is 0 Å². The van der Waals surface area contributed by atoms with Gasteiger partial charge in [-0.25, -0.2) is 0 Å². The van der Waals surface area contributed by atoms with Crippen molar-refractivity contribution in [1.82, 2.24) is 4.98 Å². The fraction of sp³-hybridized carbons (Fsp3) is 0.520. The van der Waals surface area contributed by atoms with Crippen molar-refractivity contribution in [2.75, 3.05) is 0 Å². The summed E-state index contributed by atoms with van der Waals surface area (Å²) in [4.78, 5) is 3.49. The van der Waals surface area contributed by atoms with E-state index in [0.717, 1.165) is 0 Å². The number of aryl methyl sites for hydroxylation is 2. The van der Waals surface area contributed by atoms with Crippen molar-refractivity contribution in [2.45, 2.75) is 87.5 Å². The first kappa shape index (κ1) is 24.2. The summed E-state index contributed by atoms with van der Waals surface area (Å²) in [5.74, 6) is 0. The Bertz CT molecular complexity index is 719. The van der Waals surface area contributed by atoms with Gasteiger partial charge in [-0.3, -0.25) is 0 Å². The number of rotatable bonds is 4. The molecule has 26 heavy (non-hydrogen) atoms.